The number of rotatable bonds is 4. The Labute approximate surface area is 162 Å². The van der Waals surface area contributed by atoms with E-state index in [1.807, 2.05) is 31.2 Å². The van der Waals surface area contributed by atoms with Gasteiger partial charge in [-0.15, -0.1) is 11.3 Å². The summed E-state index contributed by atoms with van der Waals surface area (Å²) in [4.78, 5) is 14.0. The van der Waals surface area contributed by atoms with Crippen LogP contribution in [0.5, 0.6) is 0 Å². The zero-order valence-electron chi connectivity index (χ0n) is 14.3. The Hall–Kier alpha value is -1.67. The molecule has 1 aliphatic rings. The molecular formula is C18H19ClN2O3S2. The molecule has 138 valence electrons. The van der Waals surface area contributed by atoms with Gasteiger partial charge in [0.25, 0.3) is 10.0 Å². The van der Waals surface area contributed by atoms with Gasteiger partial charge in [0, 0.05) is 32.3 Å². The van der Waals surface area contributed by atoms with Gasteiger partial charge in [-0.1, -0.05) is 41.4 Å². The molecular weight excluding hydrogens is 392 g/mol. The molecule has 0 unspecified atom stereocenters. The van der Waals surface area contributed by atoms with Gasteiger partial charge in [-0.3, -0.25) is 4.79 Å². The Bertz CT molecular complexity index is 929. The summed E-state index contributed by atoms with van der Waals surface area (Å²) in [5.74, 6) is -0.109. The van der Waals surface area contributed by atoms with E-state index < -0.39 is 10.0 Å². The number of amides is 1. The van der Waals surface area contributed by atoms with Crippen LogP contribution in [0.2, 0.25) is 4.34 Å². The molecule has 0 spiro atoms. The molecule has 26 heavy (non-hydrogen) atoms. The lowest BCUT2D eigenvalue weighted by molar-refractivity contribution is -0.127. The van der Waals surface area contributed by atoms with E-state index >= 15 is 0 Å². The van der Waals surface area contributed by atoms with Gasteiger partial charge in [-0.05, 0) is 30.7 Å². The van der Waals surface area contributed by atoms with Gasteiger partial charge in [0.05, 0.1) is 4.34 Å². The van der Waals surface area contributed by atoms with Gasteiger partial charge in [-0.25, -0.2) is 8.42 Å². The molecule has 0 aliphatic carbocycles. The van der Waals surface area contributed by atoms with Crippen molar-refractivity contribution in [3.05, 3.63) is 57.9 Å². The second-order valence-electron chi connectivity index (χ2n) is 6.04. The van der Waals surface area contributed by atoms with Crippen molar-refractivity contribution >= 4 is 44.9 Å². The molecule has 1 saturated heterocycles. The fourth-order valence-corrected chi connectivity index (χ4v) is 5.82. The van der Waals surface area contributed by atoms with E-state index in [2.05, 4.69) is 0 Å². The van der Waals surface area contributed by atoms with Crippen LogP contribution < -0.4 is 0 Å². The number of halogens is 1. The number of carbonyl (C=O) groups is 1. The number of hydrogen-bond acceptors (Lipinski definition) is 4. The molecule has 5 nitrogen and oxygen atoms in total. The third-order valence-electron chi connectivity index (χ3n) is 4.15. The van der Waals surface area contributed by atoms with Crippen molar-refractivity contribution in [1.29, 1.82) is 0 Å². The molecule has 0 atom stereocenters. The molecule has 3 rings (SSSR count). The lowest BCUT2D eigenvalue weighted by Crippen LogP contribution is -2.50. The van der Waals surface area contributed by atoms with Crippen LogP contribution in [0.25, 0.3) is 6.08 Å². The Kier molecular flexibility index (Phi) is 5.82. The Balaban J connectivity index is 1.60. The summed E-state index contributed by atoms with van der Waals surface area (Å²) in [6.45, 7) is 3.30. The molecule has 1 aromatic carbocycles. The van der Waals surface area contributed by atoms with Crippen LogP contribution in [0.15, 0.2) is 46.7 Å². The summed E-state index contributed by atoms with van der Waals surface area (Å²) >= 11 is 6.89. The molecule has 1 aromatic heterocycles. The van der Waals surface area contributed by atoms with Crippen molar-refractivity contribution in [3.63, 3.8) is 0 Å². The summed E-state index contributed by atoms with van der Waals surface area (Å²) in [6, 6.07) is 11.0. The van der Waals surface area contributed by atoms with E-state index in [4.69, 9.17) is 11.6 Å². The molecule has 1 amide bonds. The summed E-state index contributed by atoms with van der Waals surface area (Å²) in [7, 11) is -3.54. The van der Waals surface area contributed by atoms with Crippen LogP contribution in [0.1, 0.15) is 11.1 Å². The van der Waals surface area contributed by atoms with Crippen LogP contribution in [-0.4, -0.2) is 49.7 Å². The molecule has 2 heterocycles. The SMILES string of the molecule is Cc1cccc(C=CC(=O)N2CCN(S(=O)(=O)c3ccc(Cl)s3)CC2)c1. The molecule has 1 fully saturated rings. The van der Waals surface area contributed by atoms with Crippen molar-refractivity contribution in [2.75, 3.05) is 26.2 Å². The Morgan fingerprint density at radius 2 is 1.88 bits per heavy atom. The van der Waals surface area contributed by atoms with Gasteiger partial charge in [0.15, 0.2) is 0 Å². The van der Waals surface area contributed by atoms with Gasteiger partial charge in [0.2, 0.25) is 5.91 Å². The minimum Gasteiger partial charge on any atom is -0.337 e. The van der Waals surface area contributed by atoms with Crippen molar-refractivity contribution in [1.82, 2.24) is 9.21 Å². The Morgan fingerprint density at radius 1 is 1.15 bits per heavy atom. The van der Waals surface area contributed by atoms with Crippen molar-refractivity contribution in [3.8, 4) is 0 Å². The number of nitrogens with zero attached hydrogens (tertiary/aromatic N) is 2. The van der Waals surface area contributed by atoms with E-state index in [9.17, 15) is 13.2 Å². The normalized spacial score (nSPS) is 16.3. The van der Waals surface area contributed by atoms with Crippen LogP contribution >= 0.6 is 22.9 Å². The second-order valence-corrected chi connectivity index (χ2v) is 9.92. The fourth-order valence-electron chi connectivity index (χ4n) is 2.76. The smallest absolute Gasteiger partial charge is 0.252 e. The van der Waals surface area contributed by atoms with E-state index in [1.165, 1.54) is 16.4 Å². The number of benzene rings is 1. The van der Waals surface area contributed by atoms with Crippen molar-refractivity contribution in [2.24, 2.45) is 0 Å². The van der Waals surface area contributed by atoms with E-state index in [0.717, 1.165) is 22.5 Å². The highest BCUT2D eigenvalue weighted by Gasteiger charge is 2.30. The fraction of sp³-hybridized carbons (Fsp3) is 0.278. The highest BCUT2D eigenvalue weighted by molar-refractivity contribution is 7.91. The number of thiophene rings is 1. The highest BCUT2D eigenvalue weighted by atomic mass is 35.5. The van der Waals surface area contributed by atoms with Crippen LogP contribution in [0, 0.1) is 6.92 Å². The van der Waals surface area contributed by atoms with Gasteiger partial charge in [-0.2, -0.15) is 4.31 Å². The molecule has 2 aromatic rings. The maximum atomic E-state index is 12.6. The number of aryl methyl sites for hydroxylation is 1. The molecule has 0 radical (unpaired) electrons. The lowest BCUT2D eigenvalue weighted by Gasteiger charge is -2.33. The van der Waals surface area contributed by atoms with E-state index in [0.29, 0.717) is 17.4 Å². The van der Waals surface area contributed by atoms with Crippen molar-refractivity contribution < 1.29 is 13.2 Å². The first kappa shape index (κ1) is 19.1. The number of sulfonamides is 1. The standard InChI is InChI=1S/C18H19ClN2O3S2/c1-14-3-2-4-15(13-14)5-7-17(22)20-9-11-21(12-10-20)26(23,24)18-8-6-16(19)25-18/h2-8,13H,9-12H2,1H3. The predicted octanol–water partition coefficient (Wildman–Crippen LogP) is 3.26. The van der Waals surface area contributed by atoms with Crippen LogP contribution in [0.3, 0.4) is 0 Å². The van der Waals surface area contributed by atoms with E-state index in [-0.39, 0.29) is 23.2 Å². The minimum absolute atomic E-state index is 0.109. The number of hydrogen-bond donors (Lipinski definition) is 0. The first-order chi connectivity index (χ1) is 12.4. The zero-order valence-corrected chi connectivity index (χ0v) is 16.6. The summed E-state index contributed by atoms with van der Waals surface area (Å²) in [5, 5.41) is 0. The first-order valence-electron chi connectivity index (χ1n) is 8.15. The number of carbonyl (C=O) groups excluding carboxylic acids is 1. The lowest BCUT2D eigenvalue weighted by atomic mass is 10.1. The number of piperazine rings is 1. The van der Waals surface area contributed by atoms with E-state index in [1.54, 1.807) is 17.0 Å². The molecule has 1 aliphatic heterocycles. The van der Waals surface area contributed by atoms with Gasteiger partial charge < -0.3 is 4.90 Å². The monoisotopic (exact) mass is 410 g/mol. The minimum atomic E-state index is -3.54. The molecule has 8 heteroatoms. The predicted molar refractivity (Wildman–Crippen MR) is 105 cm³/mol. The quantitative estimate of drug-likeness (QED) is 0.727. The zero-order chi connectivity index (χ0) is 18.7. The molecule has 0 N–H and O–H groups in total. The van der Waals surface area contributed by atoms with Crippen LogP contribution in [-0.2, 0) is 14.8 Å². The summed E-state index contributed by atoms with van der Waals surface area (Å²) in [6.07, 6.45) is 3.32. The summed E-state index contributed by atoms with van der Waals surface area (Å²) in [5.41, 5.74) is 2.10. The maximum Gasteiger partial charge on any atom is 0.252 e. The van der Waals surface area contributed by atoms with Crippen molar-refractivity contribution in [2.45, 2.75) is 11.1 Å². The second kappa shape index (κ2) is 7.92. The average Bonchev–Trinajstić information content (AvgIpc) is 3.07. The largest absolute Gasteiger partial charge is 0.337 e. The van der Waals surface area contributed by atoms with Gasteiger partial charge >= 0.3 is 0 Å². The Morgan fingerprint density at radius 3 is 2.50 bits per heavy atom. The average molecular weight is 411 g/mol. The summed E-state index contributed by atoms with van der Waals surface area (Å²) < 4.78 is 27.2. The third kappa shape index (κ3) is 4.35. The third-order valence-corrected chi connectivity index (χ3v) is 7.75. The molecule has 0 bridgehead atoms. The topological polar surface area (TPSA) is 57.7 Å². The highest BCUT2D eigenvalue weighted by Crippen LogP contribution is 2.28. The first-order valence-corrected chi connectivity index (χ1v) is 10.8. The van der Waals surface area contributed by atoms with Gasteiger partial charge in [0.1, 0.15) is 4.21 Å². The maximum absolute atomic E-state index is 12.6. The van der Waals surface area contributed by atoms with Crippen LogP contribution in [0.4, 0.5) is 0 Å². The molecule has 0 saturated carbocycles.